The highest BCUT2D eigenvalue weighted by atomic mass is 16.6. The Morgan fingerprint density at radius 3 is 2.32 bits per heavy atom. The van der Waals surface area contributed by atoms with Gasteiger partial charge in [0.25, 0.3) is 17.3 Å². The van der Waals surface area contributed by atoms with Crippen LogP contribution in [-0.2, 0) is 0 Å². The van der Waals surface area contributed by atoms with Gasteiger partial charge in [-0.05, 0) is 23.8 Å². The first-order valence-corrected chi connectivity index (χ1v) is 6.96. The van der Waals surface area contributed by atoms with Crippen molar-refractivity contribution in [3.8, 4) is 0 Å². The Hall–Kier alpha value is -3.88. The number of hydrazone groups is 1. The number of rotatable bonds is 6. The molecule has 0 bridgehead atoms. The molecule has 0 saturated heterocycles. The molecule has 0 aliphatic carbocycles. The van der Waals surface area contributed by atoms with Crippen molar-refractivity contribution in [3.63, 3.8) is 0 Å². The number of amides is 1. The smallest absolute Gasteiger partial charge is 0.267 e. The summed E-state index contributed by atoms with van der Waals surface area (Å²) in [6, 6.07) is 11.1. The van der Waals surface area contributed by atoms with Crippen LogP contribution in [0.2, 0.25) is 0 Å². The van der Waals surface area contributed by atoms with E-state index in [1.54, 1.807) is 18.2 Å². The van der Waals surface area contributed by atoms with Crippen molar-refractivity contribution < 1.29 is 14.6 Å². The molecule has 0 aliphatic rings. The zero-order valence-electron chi connectivity index (χ0n) is 12.7. The monoisotopic (exact) mass is 340 g/mol. The Balaban J connectivity index is 1.92. The number of nitro benzene ring substituents is 2. The van der Waals surface area contributed by atoms with Gasteiger partial charge in [0.05, 0.1) is 9.85 Å². The first-order chi connectivity index (χ1) is 12.0. The molecule has 0 fully saturated rings. The molecule has 2 aromatic carbocycles. The number of hydrogen-bond acceptors (Lipinski definition) is 6. The van der Waals surface area contributed by atoms with Gasteiger partial charge >= 0.3 is 0 Å². The standard InChI is InChI=1S/C16H12N4O5/c21-16(13-6-8-14(9-7-13)19(22)23)18-17-10-2-4-12-3-1-5-15(11-12)20(24)25/h1-11H,(H,18,21)/b4-2+,17-10?. The third-order valence-electron chi connectivity index (χ3n) is 3.04. The van der Waals surface area contributed by atoms with Gasteiger partial charge < -0.3 is 0 Å². The van der Waals surface area contributed by atoms with E-state index in [0.29, 0.717) is 5.56 Å². The minimum atomic E-state index is -0.557. The highest BCUT2D eigenvalue weighted by Crippen LogP contribution is 2.14. The second-order valence-electron chi connectivity index (χ2n) is 4.73. The van der Waals surface area contributed by atoms with Crippen LogP contribution in [0.5, 0.6) is 0 Å². The minimum Gasteiger partial charge on any atom is -0.267 e. The molecule has 0 atom stereocenters. The second-order valence-corrected chi connectivity index (χ2v) is 4.73. The molecule has 2 rings (SSSR count). The number of allylic oxidation sites excluding steroid dienone is 1. The molecule has 0 aromatic heterocycles. The zero-order valence-corrected chi connectivity index (χ0v) is 12.7. The summed E-state index contributed by atoms with van der Waals surface area (Å²) in [5.41, 5.74) is 2.97. The van der Waals surface area contributed by atoms with Crippen LogP contribution >= 0.6 is 0 Å². The Morgan fingerprint density at radius 2 is 1.68 bits per heavy atom. The largest absolute Gasteiger partial charge is 0.271 e. The molecule has 1 N–H and O–H groups in total. The van der Waals surface area contributed by atoms with E-state index in [2.05, 4.69) is 10.5 Å². The van der Waals surface area contributed by atoms with E-state index in [0.717, 1.165) is 0 Å². The van der Waals surface area contributed by atoms with Crippen molar-refractivity contribution in [1.29, 1.82) is 0 Å². The summed E-state index contributed by atoms with van der Waals surface area (Å²) in [5.74, 6) is -0.519. The maximum absolute atomic E-state index is 11.8. The van der Waals surface area contributed by atoms with Gasteiger partial charge in [-0.3, -0.25) is 25.0 Å². The third-order valence-corrected chi connectivity index (χ3v) is 3.04. The molecule has 25 heavy (non-hydrogen) atoms. The highest BCUT2D eigenvalue weighted by molar-refractivity contribution is 5.94. The predicted octanol–water partition coefficient (Wildman–Crippen LogP) is 2.93. The summed E-state index contributed by atoms with van der Waals surface area (Å²) >= 11 is 0. The van der Waals surface area contributed by atoms with Crippen LogP contribution in [0.4, 0.5) is 11.4 Å². The SMILES string of the molecule is O=C(NN=C/C=C/c1cccc([N+](=O)[O-])c1)c1ccc([N+](=O)[O-])cc1. The zero-order chi connectivity index (χ0) is 18.2. The predicted molar refractivity (Wildman–Crippen MR) is 91.2 cm³/mol. The fourth-order valence-corrected chi connectivity index (χ4v) is 1.83. The van der Waals surface area contributed by atoms with Crippen molar-refractivity contribution >= 4 is 29.6 Å². The summed E-state index contributed by atoms with van der Waals surface area (Å²) in [5, 5.41) is 24.9. The quantitative estimate of drug-likeness (QED) is 0.491. The molecule has 0 radical (unpaired) electrons. The summed E-state index contributed by atoms with van der Waals surface area (Å²) in [4.78, 5) is 31.9. The number of hydrogen-bond donors (Lipinski definition) is 1. The van der Waals surface area contributed by atoms with Crippen LogP contribution in [0.1, 0.15) is 15.9 Å². The number of nitro groups is 2. The van der Waals surface area contributed by atoms with E-state index in [-0.39, 0.29) is 16.9 Å². The lowest BCUT2D eigenvalue weighted by atomic mass is 10.2. The molecule has 0 aliphatic heterocycles. The fraction of sp³-hybridized carbons (Fsp3) is 0. The molecule has 1 amide bonds. The van der Waals surface area contributed by atoms with Crippen LogP contribution in [0.3, 0.4) is 0 Å². The number of non-ortho nitro benzene ring substituents is 2. The molecule has 126 valence electrons. The van der Waals surface area contributed by atoms with Gasteiger partial charge in [0.2, 0.25) is 0 Å². The van der Waals surface area contributed by atoms with E-state index in [4.69, 9.17) is 0 Å². The van der Waals surface area contributed by atoms with Crippen molar-refractivity contribution in [2.75, 3.05) is 0 Å². The second kappa shape index (κ2) is 8.11. The van der Waals surface area contributed by atoms with Gasteiger partial charge in [-0.25, -0.2) is 5.43 Å². The molecule has 0 spiro atoms. The summed E-state index contributed by atoms with van der Waals surface area (Å²) in [7, 11) is 0. The Labute approximate surface area is 141 Å². The number of carbonyl (C=O) groups excluding carboxylic acids is 1. The number of carbonyl (C=O) groups is 1. The van der Waals surface area contributed by atoms with Gasteiger partial charge in [-0.2, -0.15) is 5.10 Å². The van der Waals surface area contributed by atoms with Crippen molar-refractivity contribution in [2.24, 2.45) is 5.10 Å². The molecule has 0 heterocycles. The van der Waals surface area contributed by atoms with Crippen LogP contribution in [0.25, 0.3) is 6.08 Å². The van der Waals surface area contributed by atoms with Gasteiger partial charge in [-0.15, -0.1) is 0 Å². The number of benzene rings is 2. The van der Waals surface area contributed by atoms with E-state index in [1.165, 1.54) is 48.7 Å². The lowest BCUT2D eigenvalue weighted by Crippen LogP contribution is -2.17. The van der Waals surface area contributed by atoms with E-state index in [1.807, 2.05) is 0 Å². The van der Waals surface area contributed by atoms with Gasteiger partial charge in [0, 0.05) is 36.0 Å². The van der Waals surface area contributed by atoms with Crippen molar-refractivity contribution in [2.45, 2.75) is 0 Å². The molecule has 9 heteroatoms. The molecule has 0 unspecified atom stereocenters. The molecule has 0 saturated carbocycles. The number of nitrogens with one attached hydrogen (secondary N) is 1. The fourth-order valence-electron chi connectivity index (χ4n) is 1.83. The van der Waals surface area contributed by atoms with Gasteiger partial charge in [0.1, 0.15) is 0 Å². The normalized spacial score (nSPS) is 10.9. The molecular weight excluding hydrogens is 328 g/mol. The molecule has 9 nitrogen and oxygen atoms in total. The maximum atomic E-state index is 11.8. The average molecular weight is 340 g/mol. The van der Waals surface area contributed by atoms with Gasteiger partial charge in [0.15, 0.2) is 0 Å². The number of nitrogens with zero attached hydrogens (tertiary/aromatic N) is 3. The highest BCUT2D eigenvalue weighted by Gasteiger charge is 2.08. The Morgan fingerprint density at radius 1 is 1.00 bits per heavy atom. The first-order valence-electron chi connectivity index (χ1n) is 6.96. The van der Waals surface area contributed by atoms with Gasteiger partial charge in [-0.1, -0.05) is 18.2 Å². The maximum Gasteiger partial charge on any atom is 0.271 e. The van der Waals surface area contributed by atoms with E-state index >= 15 is 0 Å². The Kier molecular flexibility index (Phi) is 5.67. The van der Waals surface area contributed by atoms with Crippen molar-refractivity contribution in [1.82, 2.24) is 5.43 Å². The van der Waals surface area contributed by atoms with Crippen LogP contribution in [0.15, 0.2) is 59.7 Å². The third kappa shape index (κ3) is 5.06. The van der Waals surface area contributed by atoms with E-state index in [9.17, 15) is 25.0 Å². The van der Waals surface area contributed by atoms with Crippen LogP contribution in [0, 0.1) is 20.2 Å². The molecule has 2 aromatic rings. The summed E-state index contributed by atoms with van der Waals surface area (Å²) in [6.07, 6.45) is 4.41. The Bertz CT molecular complexity index is 859. The first kappa shape index (κ1) is 17.5. The van der Waals surface area contributed by atoms with Crippen LogP contribution in [-0.4, -0.2) is 22.0 Å². The minimum absolute atomic E-state index is 0.0226. The van der Waals surface area contributed by atoms with Crippen LogP contribution < -0.4 is 5.43 Å². The average Bonchev–Trinajstić information content (AvgIpc) is 2.61. The summed E-state index contributed by atoms with van der Waals surface area (Å²) < 4.78 is 0. The van der Waals surface area contributed by atoms with E-state index < -0.39 is 15.8 Å². The topological polar surface area (TPSA) is 128 Å². The molecular formula is C16H12N4O5. The van der Waals surface area contributed by atoms with Crippen molar-refractivity contribution in [3.05, 3.63) is 86.0 Å². The lowest BCUT2D eigenvalue weighted by molar-refractivity contribution is -0.385. The lowest BCUT2D eigenvalue weighted by Gasteiger charge is -1.98. The summed E-state index contributed by atoms with van der Waals surface area (Å²) in [6.45, 7) is 0.